The molecule has 1 aromatic heterocycles. The number of aromatic nitrogens is 2. The minimum atomic E-state index is 0.0950. The van der Waals surface area contributed by atoms with Gasteiger partial charge in [-0.2, -0.15) is 4.37 Å². The highest BCUT2D eigenvalue weighted by Gasteiger charge is 2.35. The van der Waals surface area contributed by atoms with Crippen LogP contribution in [0.5, 0.6) is 0 Å². The van der Waals surface area contributed by atoms with Gasteiger partial charge in [0.25, 0.3) is 0 Å². The first kappa shape index (κ1) is 15.4. The zero-order valence-electron chi connectivity index (χ0n) is 12.9. The molecule has 0 atom stereocenters. The second-order valence-electron chi connectivity index (χ2n) is 5.76. The summed E-state index contributed by atoms with van der Waals surface area (Å²) in [5, 5.41) is 0.991. The number of ether oxygens (including phenoxy) is 1. The van der Waals surface area contributed by atoms with Crippen LogP contribution in [0.15, 0.2) is 30.3 Å². The molecule has 2 heterocycles. The van der Waals surface area contributed by atoms with E-state index in [1.165, 1.54) is 17.1 Å². The largest absolute Gasteiger partial charge is 0.377 e. The number of piperidine rings is 1. The van der Waals surface area contributed by atoms with Gasteiger partial charge in [-0.15, -0.1) is 0 Å². The third kappa shape index (κ3) is 2.99. The number of hydrogen-bond donors (Lipinski definition) is 1. The Labute approximate surface area is 135 Å². The smallest absolute Gasteiger partial charge is 0.205 e. The monoisotopic (exact) mass is 318 g/mol. The molecule has 6 heteroatoms. The van der Waals surface area contributed by atoms with Crippen LogP contribution in [0.2, 0.25) is 0 Å². The van der Waals surface area contributed by atoms with Crippen LogP contribution in [0.4, 0.5) is 5.13 Å². The van der Waals surface area contributed by atoms with Crippen LogP contribution in [0.25, 0.3) is 0 Å². The van der Waals surface area contributed by atoms with Gasteiger partial charge in [-0.25, -0.2) is 4.98 Å². The molecule has 1 saturated heterocycles. The Morgan fingerprint density at radius 2 is 2.00 bits per heavy atom. The Balaban J connectivity index is 1.70. The van der Waals surface area contributed by atoms with E-state index in [1.54, 1.807) is 7.11 Å². The molecule has 0 spiro atoms. The van der Waals surface area contributed by atoms with Crippen molar-refractivity contribution in [2.24, 2.45) is 5.73 Å². The average molecular weight is 318 g/mol. The predicted molar refractivity (Wildman–Crippen MR) is 89.2 cm³/mol. The standard InChI is InChI=1S/C16H22N4OS/c1-21-11-14-18-15(22-19-14)20-9-7-16(12-17,8-10-20)13-5-3-2-4-6-13/h2-6H,7-12,17H2,1H3. The molecule has 0 radical (unpaired) electrons. The van der Waals surface area contributed by atoms with Crippen molar-refractivity contribution in [3.63, 3.8) is 0 Å². The average Bonchev–Trinajstić information content (AvgIpc) is 3.05. The minimum Gasteiger partial charge on any atom is -0.377 e. The van der Waals surface area contributed by atoms with E-state index in [9.17, 15) is 0 Å². The Bertz CT molecular complexity index is 593. The number of hydrogen-bond acceptors (Lipinski definition) is 6. The van der Waals surface area contributed by atoms with E-state index in [2.05, 4.69) is 44.6 Å². The highest BCUT2D eigenvalue weighted by molar-refractivity contribution is 7.09. The van der Waals surface area contributed by atoms with Gasteiger partial charge in [0.05, 0.1) is 0 Å². The lowest BCUT2D eigenvalue weighted by Gasteiger charge is -2.41. The molecule has 5 nitrogen and oxygen atoms in total. The fourth-order valence-corrected chi connectivity index (χ4v) is 3.81. The fraction of sp³-hybridized carbons (Fsp3) is 0.500. The van der Waals surface area contributed by atoms with Crippen molar-refractivity contribution in [3.8, 4) is 0 Å². The maximum absolute atomic E-state index is 6.14. The van der Waals surface area contributed by atoms with Crippen molar-refractivity contribution < 1.29 is 4.74 Å². The molecule has 0 aliphatic carbocycles. The molecule has 1 aliphatic rings. The van der Waals surface area contributed by atoms with Gasteiger partial charge in [0.1, 0.15) is 6.61 Å². The van der Waals surface area contributed by atoms with E-state index in [1.807, 2.05) is 0 Å². The van der Waals surface area contributed by atoms with Crippen LogP contribution in [0.1, 0.15) is 24.2 Å². The van der Waals surface area contributed by atoms with Crippen LogP contribution in [-0.4, -0.2) is 36.1 Å². The maximum Gasteiger partial charge on any atom is 0.205 e. The highest BCUT2D eigenvalue weighted by atomic mass is 32.1. The zero-order chi connectivity index (χ0) is 15.4. The molecule has 2 N–H and O–H groups in total. The van der Waals surface area contributed by atoms with Crippen molar-refractivity contribution >= 4 is 16.7 Å². The number of methoxy groups -OCH3 is 1. The van der Waals surface area contributed by atoms with E-state index >= 15 is 0 Å². The first-order chi connectivity index (χ1) is 10.8. The van der Waals surface area contributed by atoms with E-state index in [4.69, 9.17) is 10.5 Å². The first-order valence-corrected chi connectivity index (χ1v) is 8.37. The molecule has 1 fully saturated rings. The molecular weight excluding hydrogens is 296 g/mol. The van der Waals surface area contributed by atoms with Gasteiger partial charge >= 0.3 is 0 Å². The molecule has 1 aliphatic heterocycles. The summed E-state index contributed by atoms with van der Waals surface area (Å²) in [4.78, 5) is 6.86. The molecule has 22 heavy (non-hydrogen) atoms. The Morgan fingerprint density at radius 1 is 1.27 bits per heavy atom. The quantitative estimate of drug-likeness (QED) is 0.915. The summed E-state index contributed by atoms with van der Waals surface area (Å²) in [7, 11) is 1.66. The number of nitrogens with two attached hydrogens (primary N) is 1. The van der Waals surface area contributed by atoms with Crippen molar-refractivity contribution in [1.29, 1.82) is 0 Å². The van der Waals surface area contributed by atoms with Crippen molar-refractivity contribution in [2.75, 3.05) is 31.6 Å². The molecule has 0 amide bonds. The van der Waals surface area contributed by atoms with Gasteiger partial charge in [0.2, 0.25) is 5.13 Å². The summed E-state index contributed by atoms with van der Waals surface area (Å²) >= 11 is 1.45. The molecular formula is C16H22N4OS. The summed E-state index contributed by atoms with van der Waals surface area (Å²) in [5.74, 6) is 0.765. The lowest BCUT2D eigenvalue weighted by atomic mass is 9.73. The molecule has 2 aromatic rings. The van der Waals surface area contributed by atoms with Gasteiger partial charge in [0.15, 0.2) is 5.82 Å². The number of rotatable bonds is 5. The Morgan fingerprint density at radius 3 is 2.64 bits per heavy atom. The van der Waals surface area contributed by atoms with Crippen molar-refractivity contribution in [1.82, 2.24) is 9.36 Å². The van der Waals surface area contributed by atoms with Gasteiger partial charge in [-0.1, -0.05) is 30.3 Å². The zero-order valence-corrected chi connectivity index (χ0v) is 13.7. The van der Waals surface area contributed by atoms with E-state index in [-0.39, 0.29) is 5.41 Å². The summed E-state index contributed by atoms with van der Waals surface area (Å²) in [6.45, 7) is 3.10. The molecule has 0 saturated carbocycles. The SMILES string of the molecule is COCc1nsc(N2CCC(CN)(c3ccccc3)CC2)n1. The van der Waals surface area contributed by atoms with Crippen LogP contribution >= 0.6 is 11.5 Å². The number of nitrogens with zero attached hydrogens (tertiary/aromatic N) is 3. The first-order valence-electron chi connectivity index (χ1n) is 7.59. The molecule has 1 aromatic carbocycles. The lowest BCUT2D eigenvalue weighted by molar-refractivity contribution is 0.179. The lowest BCUT2D eigenvalue weighted by Crippen LogP contribution is -2.46. The van der Waals surface area contributed by atoms with Gasteiger partial charge < -0.3 is 15.4 Å². The third-order valence-electron chi connectivity index (χ3n) is 4.50. The van der Waals surface area contributed by atoms with Crippen LogP contribution < -0.4 is 10.6 Å². The van der Waals surface area contributed by atoms with Crippen molar-refractivity contribution in [3.05, 3.63) is 41.7 Å². The Kier molecular flexibility index (Phi) is 4.71. The topological polar surface area (TPSA) is 64.3 Å². The highest BCUT2D eigenvalue weighted by Crippen LogP contribution is 2.36. The van der Waals surface area contributed by atoms with Crippen LogP contribution in [-0.2, 0) is 16.8 Å². The maximum atomic E-state index is 6.14. The van der Waals surface area contributed by atoms with Crippen molar-refractivity contribution in [2.45, 2.75) is 24.9 Å². The van der Waals surface area contributed by atoms with E-state index in [0.717, 1.165) is 36.9 Å². The van der Waals surface area contributed by atoms with E-state index < -0.39 is 0 Å². The summed E-state index contributed by atoms with van der Waals surface area (Å²) < 4.78 is 9.42. The third-order valence-corrected chi connectivity index (χ3v) is 5.31. The van der Waals surface area contributed by atoms with Gasteiger partial charge in [0, 0.05) is 43.7 Å². The molecule has 3 rings (SSSR count). The second-order valence-corrected chi connectivity index (χ2v) is 6.49. The molecule has 0 unspecified atom stereocenters. The predicted octanol–water partition coefficient (Wildman–Crippen LogP) is 2.18. The van der Waals surface area contributed by atoms with Crippen LogP contribution in [0, 0.1) is 0 Å². The summed E-state index contributed by atoms with van der Waals surface area (Å²) in [5.41, 5.74) is 7.59. The minimum absolute atomic E-state index is 0.0950. The van der Waals surface area contributed by atoms with E-state index in [0.29, 0.717) is 13.2 Å². The summed E-state index contributed by atoms with van der Waals surface area (Å²) in [6.07, 6.45) is 2.10. The van der Waals surface area contributed by atoms with Gasteiger partial charge in [-0.3, -0.25) is 0 Å². The number of anilines is 1. The normalized spacial score (nSPS) is 17.6. The van der Waals surface area contributed by atoms with Crippen LogP contribution in [0.3, 0.4) is 0 Å². The fourth-order valence-electron chi connectivity index (χ4n) is 3.09. The molecule has 0 bridgehead atoms. The van der Waals surface area contributed by atoms with Gasteiger partial charge in [-0.05, 0) is 18.4 Å². The summed E-state index contributed by atoms with van der Waals surface area (Å²) in [6, 6.07) is 10.7. The number of benzene rings is 1. The Hall–Kier alpha value is -1.50. The second kappa shape index (κ2) is 6.73. The molecule has 118 valence electrons.